The summed E-state index contributed by atoms with van der Waals surface area (Å²) >= 11 is 8.44. The van der Waals surface area contributed by atoms with Crippen molar-refractivity contribution in [3.63, 3.8) is 0 Å². The van der Waals surface area contributed by atoms with E-state index in [2.05, 4.69) is 15.9 Å². The zero-order valence-corrected chi connectivity index (χ0v) is 8.49. The number of benzene rings is 1. The highest BCUT2D eigenvalue weighted by Crippen LogP contribution is 2.32. The molecule has 0 aromatic heterocycles. The summed E-state index contributed by atoms with van der Waals surface area (Å²) in [6, 6.07) is 0.952. The second-order valence-corrected chi connectivity index (χ2v) is 3.45. The third kappa shape index (κ3) is 1.76. The topological polar surface area (TPSA) is 63.3 Å². The average Bonchev–Trinajstić information content (AvgIpc) is 2.01. The first-order valence-electron chi connectivity index (χ1n) is 3.11. The second-order valence-electron chi connectivity index (χ2n) is 2.25. The van der Waals surface area contributed by atoms with Crippen molar-refractivity contribution in [2.45, 2.75) is 0 Å². The summed E-state index contributed by atoms with van der Waals surface area (Å²) in [5, 5.41) is 8.64. The van der Waals surface area contributed by atoms with Crippen LogP contribution in [-0.2, 0) is 0 Å². The standard InChI is InChI=1S/C7H4BrClFNO2/c8-5-2(9)1-3(10)6(11)4(5)7(12)13/h1H,11H2,(H,12,13). The van der Waals surface area contributed by atoms with Gasteiger partial charge in [-0.2, -0.15) is 0 Å². The molecule has 0 amide bonds. The Morgan fingerprint density at radius 3 is 2.69 bits per heavy atom. The molecule has 0 unspecified atom stereocenters. The number of hydrogen-bond donors (Lipinski definition) is 2. The molecule has 0 saturated carbocycles. The minimum absolute atomic E-state index is 0.0240. The van der Waals surface area contributed by atoms with E-state index >= 15 is 0 Å². The molecule has 0 aliphatic rings. The number of hydrogen-bond acceptors (Lipinski definition) is 2. The van der Waals surface area contributed by atoms with Gasteiger partial charge in [-0.15, -0.1) is 0 Å². The van der Waals surface area contributed by atoms with Gasteiger partial charge in [-0.1, -0.05) is 11.6 Å². The fraction of sp³-hybridized carbons (Fsp3) is 0. The summed E-state index contributed by atoms with van der Waals surface area (Å²) in [5.41, 5.74) is 4.43. The molecule has 1 aromatic rings. The monoisotopic (exact) mass is 267 g/mol. The lowest BCUT2D eigenvalue weighted by atomic mass is 10.2. The molecule has 3 N–H and O–H groups in total. The van der Waals surface area contributed by atoms with Gasteiger partial charge in [0.25, 0.3) is 0 Å². The SMILES string of the molecule is Nc1c(F)cc(Cl)c(Br)c1C(=O)O. The highest BCUT2D eigenvalue weighted by atomic mass is 79.9. The molecule has 0 radical (unpaired) electrons. The fourth-order valence-corrected chi connectivity index (χ4v) is 1.51. The molecule has 0 saturated heterocycles. The highest BCUT2D eigenvalue weighted by molar-refractivity contribution is 9.10. The van der Waals surface area contributed by atoms with Crippen molar-refractivity contribution in [2.75, 3.05) is 5.73 Å². The van der Waals surface area contributed by atoms with E-state index in [0.29, 0.717) is 0 Å². The van der Waals surface area contributed by atoms with E-state index in [1.165, 1.54) is 0 Å². The van der Waals surface area contributed by atoms with E-state index in [1.54, 1.807) is 0 Å². The van der Waals surface area contributed by atoms with Crippen LogP contribution in [0.15, 0.2) is 10.5 Å². The van der Waals surface area contributed by atoms with Crippen LogP contribution in [0.3, 0.4) is 0 Å². The Morgan fingerprint density at radius 2 is 2.23 bits per heavy atom. The van der Waals surface area contributed by atoms with Crippen LogP contribution in [0.2, 0.25) is 5.02 Å². The van der Waals surface area contributed by atoms with Crippen molar-refractivity contribution in [1.82, 2.24) is 0 Å². The number of rotatable bonds is 1. The minimum atomic E-state index is -1.33. The zero-order chi connectivity index (χ0) is 10.2. The lowest BCUT2D eigenvalue weighted by Crippen LogP contribution is -2.06. The third-order valence-electron chi connectivity index (χ3n) is 1.42. The Kier molecular flexibility index (Phi) is 2.77. The molecule has 1 aromatic carbocycles. The predicted octanol–water partition coefficient (Wildman–Crippen LogP) is 2.52. The van der Waals surface area contributed by atoms with Crippen molar-refractivity contribution in [3.8, 4) is 0 Å². The molecule has 0 spiro atoms. The molecule has 70 valence electrons. The van der Waals surface area contributed by atoms with Crippen molar-refractivity contribution in [1.29, 1.82) is 0 Å². The van der Waals surface area contributed by atoms with Gasteiger partial charge in [0, 0.05) is 0 Å². The van der Waals surface area contributed by atoms with Crippen LogP contribution in [0, 0.1) is 5.82 Å². The average molecular weight is 268 g/mol. The first kappa shape index (κ1) is 10.3. The lowest BCUT2D eigenvalue weighted by Gasteiger charge is -2.06. The van der Waals surface area contributed by atoms with Gasteiger partial charge in [0.05, 0.1) is 15.2 Å². The number of carboxylic acid groups (broad SMARTS) is 1. The summed E-state index contributed by atoms with van der Waals surface area (Å²) in [5.74, 6) is -2.17. The zero-order valence-electron chi connectivity index (χ0n) is 6.14. The fourth-order valence-electron chi connectivity index (χ4n) is 0.819. The van der Waals surface area contributed by atoms with Crippen molar-refractivity contribution >= 4 is 39.2 Å². The number of nitrogen functional groups attached to an aromatic ring is 1. The van der Waals surface area contributed by atoms with E-state index < -0.39 is 17.5 Å². The van der Waals surface area contributed by atoms with E-state index in [9.17, 15) is 9.18 Å². The molecule has 0 atom stereocenters. The predicted molar refractivity (Wildman–Crippen MR) is 50.5 cm³/mol. The van der Waals surface area contributed by atoms with Gasteiger partial charge in [-0.3, -0.25) is 0 Å². The molecule has 0 heterocycles. The Balaban J connectivity index is 3.56. The Morgan fingerprint density at radius 1 is 1.69 bits per heavy atom. The molecule has 1 rings (SSSR count). The molecule has 6 heteroatoms. The first-order valence-corrected chi connectivity index (χ1v) is 4.28. The highest BCUT2D eigenvalue weighted by Gasteiger charge is 2.18. The third-order valence-corrected chi connectivity index (χ3v) is 2.77. The second kappa shape index (κ2) is 3.51. The number of nitrogens with two attached hydrogens (primary N) is 1. The van der Waals surface area contributed by atoms with Crippen LogP contribution in [0.5, 0.6) is 0 Å². The van der Waals surface area contributed by atoms with Crippen LogP contribution < -0.4 is 5.73 Å². The number of aromatic carboxylic acids is 1. The quantitative estimate of drug-likeness (QED) is 0.607. The summed E-state index contributed by atoms with van der Waals surface area (Å²) in [6.45, 7) is 0. The van der Waals surface area contributed by atoms with E-state index in [-0.39, 0.29) is 15.1 Å². The van der Waals surface area contributed by atoms with Crippen LogP contribution in [0.1, 0.15) is 10.4 Å². The van der Waals surface area contributed by atoms with Crippen molar-refractivity contribution in [3.05, 3.63) is 26.9 Å². The van der Waals surface area contributed by atoms with Gasteiger partial charge in [-0.25, -0.2) is 9.18 Å². The Bertz CT molecular complexity index is 357. The summed E-state index contributed by atoms with van der Waals surface area (Å²) < 4.78 is 13.0. The molecule has 3 nitrogen and oxygen atoms in total. The molecule has 0 aliphatic heterocycles. The molecular weight excluding hydrogens is 264 g/mol. The van der Waals surface area contributed by atoms with E-state index in [1.807, 2.05) is 0 Å². The van der Waals surface area contributed by atoms with Gasteiger partial charge < -0.3 is 10.8 Å². The summed E-state index contributed by atoms with van der Waals surface area (Å²) in [4.78, 5) is 10.6. The maximum Gasteiger partial charge on any atom is 0.339 e. The number of halogens is 3. The van der Waals surface area contributed by atoms with Gasteiger partial charge in [0.1, 0.15) is 11.4 Å². The Labute approximate surface area is 86.4 Å². The van der Waals surface area contributed by atoms with Crippen LogP contribution in [0.25, 0.3) is 0 Å². The summed E-state index contributed by atoms with van der Waals surface area (Å²) in [6.07, 6.45) is 0. The first-order chi connectivity index (χ1) is 5.95. The maximum absolute atomic E-state index is 12.9. The molecule has 0 aliphatic carbocycles. The number of anilines is 1. The largest absolute Gasteiger partial charge is 0.478 e. The molecular formula is C7H4BrClFNO2. The normalized spacial score (nSPS) is 10.1. The van der Waals surface area contributed by atoms with E-state index in [0.717, 1.165) is 6.07 Å². The van der Waals surface area contributed by atoms with Crippen LogP contribution >= 0.6 is 27.5 Å². The van der Waals surface area contributed by atoms with Gasteiger partial charge in [0.15, 0.2) is 0 Å². The minimum Gasteiger partial charge on any atom is -0.478 e. The smallest absolute Gasteiger partial charge is 0.339 e. The van der Waals surface area contributed by atoms with Gasteiger partial charge in [-0.05, 0) is 22.0 Å². The lowest BCUT2D eigenvalue weighted by molar-refractivity contribution is 0.0696. The maximum atomic E-state index is 12.9. The number of carboxylic acids is 1. The molecule has 0 fully saturated rings. The number of carbonyl (C=O) groups is 1. The van der Waals surface area contributed by atoms with Crippen LogP contribution in [-0.4, -0.2) is 11.1 Å². The van der Waals surface area contributed by atoms with Crippen molar-refractivity contribution in [2.24, 2.45) is 0 Å². The van der Waals surface area contributed by atoms with Gasteiger partial charge in [0.2, 0.25) is 0 Å². The Hall–Kier alpha value is -0.810. The van der Waals surface area contributed by atoms with Crippen LogP contribution in [0.4, 0.5) is 10.1 Å². The molecule has 13 heavy (non-hydrogen) atoms. The van der Waals surface area contributed by atoms with Crippen molar-refractivity contribution < 1.29 is 14.3 Å². The summed E-state index contributed by atoms with van der Waals surface area (Å²) in [7, 11) is 0. The van der Waals surface area contributed by atoms with Gasteiger partial charge >= 0.3 is 5.97 Å². The molecule has 0 bridgehead atoms. The van der Waals surface area contributed by atoms with E-state index in [4.69, 9.17) is 22.4 Å².